The molecule has 0 aliphatic rings. The van der Waals surface area contributed by atoms with Crippen molar-refractivity contribution in [3.05, 3.63) is 36.1 Å². The number of nitrogens with one attached hydrogen (secondary N) is 1. The Morgan fingerprint density at radius 2 is 1.89 bits per heavy atom. The molecule has 0 amide bonds. The molecule has 2 rings (SSSR count). The van der Waals surface area contributed by atoms with E-state index in [-0.39, 0.29) is 6.04 Å². The zero-order valence-corrected chi connectivity index (χ0v) is 12.3. The van der Waals surface area contributed by atoms with Crippen molar-refractivity contribution in [1.29, 1.82) is 0 Å². The lowest BCUT2D eigenvalue weighted by atomic mass is 10.1. The van der Waals surface area contributed by atoms with Crippen molar-refractivity contribution in [3.8, 4) is 0 Å². The van der Waals surface area contributed by atoms with Crippen LogP contribution in [0.1, 0.15) is 51.8 Å². The number of unbranched alkanes of at least 4 members (excludes halogenated alkanes) is 1. The average molecular weight is 259 g/mol. The van der Waals surface area contributed by atoms with Crippen LogP contribution in [0.4, 0.5) is 0 Å². The van der Waals surface area contributed by atoms with Gasteiger partial charge in [-0.3, -0.25) is 0 Å². The van der Waals surface area contributed by atoms with Crippen molar-refractivity contribution < 1.29 is 4.42 Å². The van der Waals surface area contributed by atoms with Gasteiger partial charge < -0.3 is 9.73 Å². The molecule has 0 aliphatic heterocycles. The number of rotatable bonds is 7. The third kappa shape index (κ3) is 4.10. The standard InChI is InChI=1S/C17H25NO/c1-13(2)8-6-7-11-18-14(3)17-12-15-9-4-5-10-16(15)19-17/h4-5,9-10,12-14,18H,6-8,11H2,1-3H3. The highest BCUT2D eigenvalue weighted by molar-refractivity contribution is 5.77. The van der Waals surface area contributed by atoms with Crippen molar-refractivity contribution >= 4 is 11.0 Å². The molecule has 0 saturated heterocycles. The Morgan fingerprint density at radius 3 is 2.63 bits per heavy atom. The van der Waals surface area contributed by atoms with Crippen LogP contribution < -0.4 is 5.32 Å². The summed E-state index contributed by atoms with van der Waals surface area (Å²) >= 11 is 0. The van der Waals surface area contributed by atoms with Crippen molar-refractivity contribution in [2.45, 2.75) is 46.1 Å². The van der Waals surface area contributed by atoms with Gasteiger partial charge in [0.25, 0.3) is 0 Å². The van der Waals surface area contributed by atoms with E-state index in [1.165, 1.54) is 24.6 Å². The number of hydrogen-bond acceptors (Lipinski definition) is 2. The van der Waals surface area contributed by atoms with Gasteiger partial charge in [0.15, 0.2) is 0 Å². The molecule has 0 fully saturated rings. The van der Waals surface area contributed by atoms with E-state index in [2.05, 4.69) is 38.2 Å². The SMILES string of the molecule is CC(C)CCCCNC(C)c1cc2ccccc2o1. The first kappa shape index (κ1) is 14.1. The van der Waals surface area contributed by atoms with Crippen molar-refractivity contribution in [2.24, 2.45) is 5.92 Å². The average Bonchev–Trinajstić information content (AvgIpc) is 2.81. The highest BCUT2D eigenvalue weighted by Gasteiger charge is 2.10. The molecule has 0 spiro atoms. The number of para-hydroxylation sites is 1. The fraction of sp³-hybridized carbons (Fsp3) is 0.529. The minimum absolute atomic E-state index is 0.284. The fourth-order valence-electron chi connectivity index (χ4n) is 2.31. The molecule has 104 valence electrons. The van der Waals surface area contributed by atoms with Gasteiger partial charge in [-0.2, -0.15) is 0 Å². The molecule has 0 radical (unpaired) electrons. The van der Waals surface area contributed by atoms with Crippen LogP contribution in [0.25, 0.3) is 11.0 Å². The van der Waals surface area contributed by atoms with Crippen LogP contribution in [0.5, 0.6) is 0 Å². The molecule has 1 N–H and O–H groups in total. The molecule has 0 bridgehead atoms. The molecule has 1 aromatic carbocycles. The molecule has 1 atom stereocenters. The van der Waals surface area contributed by atoms with Crippen molar-refractivity contribution in [2.75, 3.05) is 6.54 Å². The van der Waals surface area contributed by atoms with Crippen molar-refractivity contribution in [3.63, 3.8) is 0 Å². The van der Waals surface area contributed by atoms with Crippen molar-refractivity contribution in [1.82, 2.24) is 5.32 Å². The Bertz CT molecular complexity index is 468. The van der Waals surface area contributed by atoms with E-state index in [4.69, 9.17) is 4.42 Å². The zero-order valence-electron chi connectivity index (χ0n) is 12.3. The number of hydrogen-bond donors (Lipinski definition) is 1. The van der Waals surface area contributed by atoms with Crippen LogP contribution in [0.2, 0.25) is 0 Å². The van der Waals surface area contributed by atoms with Gasteiger partial charge >= 0.3 is 0 Å². The molecular formula is C17H25NO. The molecule has 2 nitrogen and oxygen atoms in total. The quantitative estimate of drug-likeness (QED) is 0.715. The Hall–Kier alpha value is -1.28. The maximum absolute atomic E-state index is 5.86. The summed E-state index contributed by atoms with van der Waals surface area (Å²) in [7, 11) is 0. The normalized spacial score (nSPS) is 13.3. The van der Waals surface area contributed by atoms with Gasteiger partial charge in [-0.05, 0) is 37.9 Å². The Balaban J connectivity index is 1.81. The summed E-state index contributed by atoms with van der Waals surface area (Å²) in [4.78, 5) is 0. The third-order valence-corrected chi connectivity index (χ3v) is 3.53. The van der Waals surface area contributed by atoms with Gasteiger partial charge in [0.05, 0.1) is 6.04 Å². The molecule has 2 heteroatoms. The number of benzene rings is 1. The summed E-state index contributed by atoms with van der Waals surface area (Å²) in [6.45, 7) is 7.79. The second-order valence-corrected chi connectivity index (χ2v) is 5.75. The van der Waals surface area contributed by atoms with Gasteiger partial charge in [0.2, 0.25) is 0 Å². The lowest BCUT2D eigenvalue weighted by Gasteiger charge is -2.11. The van der Waals surface area contributed by atoms with Gasteiger partial charge in [0.1, 0.15) is 11.3 Å². The molecule has 0 aliphatic carbocycles. The van der Waals surface area contributed by atoms with Gasteiger partial charge in [-0.25, -0.2) is 0 Å². The minimum Gasteiger partial charge on any atom is -0.459 e. The maximum Gasteiger partial charge on any atom is 0.134 e. The van der Waals surface area contributed by atoms with Gasteiger partial charge in [-0.15, -0.1) is 0 Å². The number of fused-ring (bicyclic) bond motifs is 1. The smallest absolute Gasteiger partial charge is 0.134 e. The summed E-state index contributed by atoms with van der Waals surface area (Å²) in [6.07, 6.45) is 3.86. The summed E-state index contributed by atoms with van der Waals surface area (Å²) < 4.78 is 5.86. The predicted octanol–water partition coefficient (Wildman–Crippen LogP) is 4.91. The summed E-state index contributed by atoms with van der Waals surface area (Å²) in [5.74, 6) is 1.85. The largest absolute Gasteiger partial charge is 0.459 e. The molecule has 1 heterocycles. The second kappa shape index (κ2) is 6.76. The first-order valence-corrected chi connectivity index (χ1v) is 7.38. The molecular weight excluding hydrogens is 234 g/mol. The van der Waals surface area contributed by atoms with Crippen LogP contribution in [-0.2, 0) is 0 Å². The highest BCUT2D eigenvalue weighted by atomic mass is 16.3. The van der Waals surface area contributed by atoms with Crippen LogP contribution in [0.15, 0.2) is 34.7 Å². The topological polar surface area (TPSA) is 25.2 Å². The maximum atomic E-state index is 5.86. The molecule has 0 saturated carbocycles. The summed E-state index contributed by atoms with van der Waals surface area (Å²) in [6, 6.07) is 10.6. The van der Waals surface area contributed by atoms with E-state index < -0.39 is 0 Å². The second-order valence-electron chi connectivity index (χ2n) is 5.75. The van der Waals surface area contributed by atoms with Crippen LogP contribution in [0, 0.1) is 5.92 Å². The van der Waals surface area contributed by atoms with E-state index in [1.807, 2.05) is 18.2 Å². The Morgan fingerprint density at radius 1 is 1.11 bits per heavy atom. The lowest BCUT2D eigenvalue weighted by Crippen LogP contribution is -2.19. The summed E-state index contributed by atoms with van der Waals surface area (Å²) in [5, 5.41) is 4.73. The van der Waals surface area contributed by atoms with E-state index in [9.17, 15) is 0 Å². The first-order valence-electron chi connectivity index (χ1n) is 7.38. The molecule has 2 aromatic rings. The van der Waals surface area contributed by atoms with E-state index in [0.717, 1.165) is 23.8 Å². The zero-order chi connectivity index (χ0) is 13.7. The predicted molar refractivity (Wildman–Crippen MR) is 81.3 cm³/mol. The lowest BCUT2D eigenvalue weighted by molar-refractivity contribution is 0.438. The molecule has 1 unspecified atom stereocenters. The minimum atomic E-state index is 0.284. The van der Waals surface area contributed by atoms with E-state index in [0.29, 0.717) is 0 Å². The first-order chi connectivity index (χ1) is 9.16. The Labute approximate surface area is 116 Å². The van der Waals surface area contributed by atoms with Crippen LogP contribution in [0.3, 0.4) is 0 Å². The third-order valence-electron chi connectivity index (χ3n) is 3.53. The van der Waals surface area contributed by atoms with E-state index in [1.54, 1.807) is 0 Å². The van der Waals surface area contributed by atoms with Gasteiger partial charge in [0, 0.05) is 5.39 Å². The van der Waals surface area contributed by atoms with Crippen LogP contribution >= 0.6 is 0 Å². The fourth-order valence-corrected chi connectivity index (χ4v) is 2.31. The van der Waals surface area contributed by atoms with Gasteiger partial charge in [-0.1, -0.05) is 44.9 Å². The van der Waals surface area contributed by atoms with Crippen LogP contribution in [-0.4, -0.2) is 6.54 Å². The number of furan rings is 1. The molecule has 1 aromatic heterocycles. The summed E-state index contributed by atoms with van der Waals surface area (Å²) in [5.41, 5.74) is 0.978. The van der Waals surface area contributed by atoms with E-state index >= 15 is 0 Å². The molecule has 19 heavy (non-hydrogen) atoms. The monoisotopic (exact) mass is 259 g/mol. The highest BCUT2D eigenvalue weighted by Crippen LogP contribution is 2.23. The Kier molecular flexibility index (Phi) is 5.03.